The maximum absolute atomic E-state index is 5.49. The van der Waals surface area contributed by atoms with Gasteiger partial charge in [0, 0.05) is 25.7 Å². The molecule has 0 amide bonds. The number of fused-ring (bicyclic) bond motifs is 1. The van der Waals surface area contributed by atoms with Gasteiger partial charge in [0.25, 0.3) is 0 Å². The second-order valence-corrected chi connectivity index (χ2v) is 5.24. The van der Waals surface area contributed by atoms with Gasteiger partial charge in [0.05, 0.1) is 24.8 Å². The van der Waals surface area contributed by atoms with Gasteiger partial charge < -0.3 is 14.8 Å². The molecule has 1 N–H and O–H groups in total. The topological polar surface area (TPSA) is 69.2 Å². The molecular formula is C18H20N4O2. The van der Waals surface area contributed by atoms with Crippen molar-refractivity contribution in [2.75, 3.05) is 25.6 Å². The van der Waals surface area contributed by atoms with Crippen LogP contribution in [0.1, 0.15) is 18.5 Å². The second kappa shape index (κ2) is 7.70. The molecule has 0 aliphatic heterocycles. The van der Waals surface area contributed by atoms with Crippen molar-refractivity contribution in [2.24, 2.45) is 0 Å². The molecule has 1 unspecified atom stereocenters. The summed E-state index contributed by atoms with van der Waals surface area (Å²) in [4.78, 5) is 13.1. The van der Waals surface area contributed by atoms with E-state index in [-0.39, 0.29) is 6.04 Å². The predicted molar refractivity (Wildman–Crippen MR) is 93.2 cm³/mol. The van der Waals surface area contributed by atoms with Crippen LogP contribution in [0.4, 0.5) is 5.82 Å². The van der Waals surface area contributed by atoms with E-state index in [1.54, 1.807) is 25.7 Å². The van der Waals surface area contributed by atoms with Crippen molar-refractivity contribution in [3.8, 4) is 5.75 Å². The van der Waals surface area contributed by atoms with E-state index in [0.717, 1.165) is 22.3 Å². The highest BCUT2D eigenvalue weighted by atomic mass is 16.5. The standard InChI is InChI=1S/C18H20N4O2/c1-3-24-14-6-4-13(5-7-14)16(12-23-2)22-18-17-15(8-9-21-18)19-10-11-20-17/h4-11,16H,3,12H2,1-2H3,(H,21,22). The van der Waals surface area contributed by atoms with Gasteiger partial charge in [-0.2, -0.15) is 0 Å². The van der Waals surface area contributed by atoms with Crippen molar-refractivity contribution in [2.45, 2.75) is 13.0 Å². The highest BCUT2D eigenvalue weighted by Crippen LogP contribution is 2.24. The molecule has 1 atom stereocenters. The van der Waals surface area contributed by atoms with Gasteiger partial charge in [-0.25, -0.2) is 9.97 Å². The summed E-state index contributed by atoms with van der Waals surface area (Å²) in [5, 5.41) is 3.41. The van der Waals surface area contributed by atoms with E-state index in [0.29, 0.717) is 19.0 Å². The van der Waals surface area contributed by atoms with Gasteiger partial charge in [-0.15, -0.1) is 0 Å². The molecule has 24 heavy (non-hydrogen) atoms. The van der Waals surface area contributed by atoms with Crippen LogP contribution in [-0.2, 0) is 4.74 Å². The fourth-order valence-corrected chi connectivity index (χ4v) is 2.52. The third-order valence-corrected chi connectivity index (χ3v) is 3.62. The lowest BCUT2D eigenvalue weighted by Gasteiger charge is -2.20. The minimum absolute atomic E-state index is 0.0502. The smallest absolute Gasteiger partial charge is 0.154 e. The molecule has 0 fully saturated rings. The number of methoxy groups -OCH3 is 1. The van der Waals surface area contributed by atoms with Crippen LogP contribution in [-0.4, -0.2) is 35.3 Å². The van der Waals surface area contributed by atoms with Gasteiger partial charge in [-0.3, -0.25) is 4.98 Å². The Bertz CT molecular complexity index is 787. The largest absolute Gasteiger partial charge is 0.494 e. The minimum atomic E-state index is -0.0502. The average Bonchev–Trinajstić information content (AvgIpc) is 2.63. The SMILES string of the molecule is CCOc1ccc(C(COC)Nc2nccc3nccnc23)cc1. The Labute approximate surface area is 140 Å². The summed E-state index contributed by atoms with van der Waals surface area (Å²) in [6.07, 6.45) is 5.06. The first-order chi connectivity index (χ1) is 11.8. The van der Waals surface area contributed by atoms with E-state index in [2.05, 4.69) is 20.3 Å². The second-order valence-electron chi connectivity index (χ2n) is 5.24. The predicted octanol–water partition coefficient (Wildman–Crippen LogP) is 3.22. The molecule has 6 nitrogen and oxygen atoms in total. The zero-order chi connectivity index (χ0) is 16.8. The molecular weight excluding hydrogens is 304 g/mol. The fourth-order valence-electron chi connectivity index (χ4n) is 2.52. The highest BCUT2D eigenvalue weighted by molar-refractivity contribution is 5.84. The molecule has 0 aliphatic rings. The lowest BCUT2D eigenvalue weighted by Crippen LogP contribution is -2.17. The van der Waals surface area contributed by atoms with Crippen LogP contribution >= 0.6 is 0 Å². The van der Waals surface area contributed by atoms with Crippen molar-refractivity contribution in [3.05, 3.63) is 54.5 Å². The minimum Gasteiger partial charge on any atom is -0.494 e. The van der Waals surface area contributed by atoms with E-state index in [1.165, 1.54) is 0 Å². The van der Waals surface area contributed by atoms with E-state index in [9.17, 15) is 0 Å². The summed E-state index contributed by atoms with van der Waals surface area (Å²) in [6, 6.07) is 9.76. The van der Waals surface area contributed by atoms with E-state index in [4.69, 9.17) is 9.47 Å². The Morgan fingerprint density at radius 1 is 1.00 bits per heavy atom. The molecule has 0 saturated heterocycles. The van der Waals surface area contributed by atoms with Crippen LogP contribution in [0.5, 0.6) is 5.75 Å². The number of hydrogen-bond donors (Lipinski definition) is 1. The molecule has 1 aromatic carbocycles. The lowest BCUT2D eigenvalue weighted by atomic mass is 10.1. The summed E-state index contributed by atoms with van der Waals surface area (Å²) in [5.41, 5.74) is 2.63. The van der Waals surface area contributed by atoms with Gasteiger partial charge in [-0.05, 0) is 30.7 Å². The number of rotatable bonds is 7. The molecule has 0 bridgehead atoms. The number of nitrogens with zero attached hydrogens (tertiary/aromatic N) is 3. The number of anilines is 1. The van der Waals surface area contributed by atoms with Crippen molar-refractivity contribution in [1.29, 1.82) is 0 Å². The third-order valence-electron chi connectivity index (χ3n) is 3.62. The molecule has 3 aromatic rings. The Hall–Kier alpha value is -2.73. The Morgan fingerprint density at radius 3 is 2.54 bits per heavy atom. The van der Waals surface area contributed by atoms with Crippen LogP contribution in [0, 0.1) is 0 Å². The van der Waals surface area contributed by atoms with Crippen molar-refractivity contribution < 1.29 is 9.47 Å². The summed E-state index contributed by atoms with van der Waals surface area (Å²) >= 11 is 0. The van der Waals surface area contributed by atoms with E-state index < -0.39 is 0 Å². The Morgan fingerprint density at radius 2 is 1.79 bits per heavy atom. The Kier molecular flexibility index (Phi) is 5.18. The molecule has 0 radical (unpaired) electrons. The lowest BCUT2D eigenvalue weighted by molar-refractivity contribution is 0.186. The molecule has 2 aromatic heterocycles. The van der Waals surface area contributed by atoms with Gasteiger partial charge in [0.15, 0.2) is 5.82 Å². The zero-order valence-electron chi connectivity index (χ0n) is 13.8. The molecule has 0 aliphatic carbocycles. The monoisotopic (exact) mass is 324 g/mol. The summed E-state index contributed by atoms with van der Waals surface area (Å²) in [5.74, 6) is 1.54. The number of hydrogen-bond acceptors (Lipinski definition) is 6. The quantitative estimate of drug-likeness (QED) is 0.719. The van der Waals surface area contributed by atoms with E-state index >= 15 is 0 Å². The molecule has 3 rings (SSSR count). The summed E-state index contributed by atoms with van der Waals surface area (Å²) in [7, 11) is 1.68. The number of pyridine rings is 1. The van der Waals surface area contributed by atoms with Crippen LogP contribution < -0.4 is 10.1 Å². The third kappa shape index (κ3) is 3.60. The summed E-state index contributed by atoms with van der Waals surface area (Å²) in [6.45, 7) is 3.13. The molecule has 124 valence electrons. The van der Waals surface area contributed by atoms with Gasteiger partial charge in [0.1, 0.15) is 11.3 Å². The number of aromatic nitrogens is 3. The molecule has 0 spiro atoms. The number of ether oxygens (including phenoxy) is 2. The van der Waals surface area contributed by atoms with Crippen LogP contribution in [0.2, 0.25) is 0 Å². The number of nitrogens with one attached hydrogen (secondary N) is 1. The van der Waals surface area contributed by atoms with Crippen molar-refractivity contribution in [1.82, 2.24) is 15.0 Å². The average molecular weight is 324 g/mol. The fraction of sp³-hybridized carbons (Fsp3) is 0.278. The van der Waals surface area contributed by atoms with Gasteiger partial charge in [-0.1, -0.05) is 12.1 Å². The normalized spacial score (nSPS) is 12.1. The first-order valence-electron chi connectivity index (χ1n) is 7.85. The van der Waals surface area contributed by atoms with Crippen LogP contribution in [0.15, 0.2) is 48.9 Å². The number of benzene rings is 1. The van der Waals surface area contributed by atoms with Crippen molar-refractivity contribution in [3.63, 3.8) is 0 Å². The van der Waals surface area contributed by atoms with Gasteiger partial charge >= 0.3 is 0 Å². The van der Waals surface area contributed by atoms with Crippen LogP contribution in [0.3, 0.4) is 0 Å². The first kappa shape index (κ1) is 16.1. The molecule has 2 heterocycles. The van der Waals surface area contributed by atoms with Gasteiger partial charge in [0.2, 0.25) is 0 Å². The zero-order valence-corrected chi connectivity index (χ0v) is 13.8. The summed E-state index contributed by atoms with van der Waals surface area (Å²) < 4.78 is 10.9. The molecule has 6 heteroatoms. The maximum atomic E-state index is 5.49. The Balaban J connectivity index is 1.87. The first-order valence-corrected chi connectivity index (χ1v) is 7.85. The molecule has 0 saturated carbocycles. The van der Waals surface area contributed by atoms with Crippen molar-refractivity contribution >= 4 is 16.9 Å². The highest BCUT2D eigenvalue weighted by Gasteiger charge is 2.14. The van der Waals surface area contributed by atoms with Crippen LogP contribution in [0.25, 0.3) is 11.0 Å². The maximum Gasteiger partial charge on any atom is 0.154 e. The van der Waals surface area contributed by atoms with E-state index in [1.807, 2.05) is 37.3 Å².